The smallest absolute Gasteiger partial charge is 0.148 e. The van der Waals surface area contributed by atoms with Gasteiger partial charge in [0.05, 0.1) is 17.3 Å². The van der Waals surface area contributed by atoms with Gasteiger partial charge in [-0.15, -0.1) is 12.8 Å². The molecular weight excluding hydrogens is 229 g/mol. The zero-order valence-corrected chi connectivity index (χ0v) is 9.14. The Kier molecular flexibility index (Phi) is 4.51. The van der Waals surface area contributed by atoms with Crippen LogP contribution in [0.15, 0.2) is 12.1 Å². The quantitative estimate of drug-likeness (QED) is 0.813. The minimum atomic E-state index is -0.492. The van der Waals surface area contributed by atoms with Crippen molar-refractivity contribution in [3.05, 3.63) is 23.0 Å². The van der Waals surface area contributed by atoms with Crippen molar-refractivity contribution in [1.82, 2.24) is 0 Å². The predicted molar refractivity (Wildman–Crippen MR) is 63.1 cm³/mol. The lowest BCUT2D eigenvalue weighted by atomic mass is 10.3. The molecule has 2 nitrogen and oxygen atoms in total. The number of benzene rings is 1. The number of halogens is 2. The van der Waals surface area contributed by atoms with Crippen molar-refractivity contribution in [3.8, 4) is 30.4 Å². The van der Waals surface area contributed by atoms with Crippen LogP contribution in [0.25, 0.3) is 0 Å². The highest BCUT2D eigenvalue weighted by Crippen LogP contribution is 2.30. The minimum absolute atomic E-state index is 0.0694. The van der Waals surface area contributed by atoms with Crippen molar-refractivity contribution in [2.45, 2.75) is 0 Å². The third kappa shape index (κ3) is 3.08. The molecule has 0 saturated heterocycles. The zero-order valence-electron chi connectivity index (χ0n) is 8.39. The molecule has 0 spiro atoms. The Hall–Kier alpha value is -1.84. The summed E-state index contributed by atoms with van der Waals surface area (Å²) in [4.78, 5) is 0. The minimum Gasteiger partial charge on any atom is -0.479 e. The van der Waals surface area contributed by atoms with E-state index in [1.807, 2.05) is 0 Å². The van der Waals surface area contributed by atoms with Crippen LogP contribution in [0.4, 0.5) is 10.1 Å². The highest BCUT2D eigenvalue weighted by molar-refractivity contribution is 6.32. The molecule has 0 bridgehead atoms. The maximum atomic E-state index is 13.4. The van der Waals surface area contributed by atoms with Crippen molar-refractivity contribution in [2.24, 2.45) is 0 Å². The second-order valence-corrected chi connectivity index (χ2v) is 3.22. The standard InChI is InChI=1S/C12H9ClFNO/c1-3-5-15-11-8-12(16-6-4-2)9(13)7-10(11)14/h1-2,7-8,15H,5-6H2. The Morgan fingerprint density at radius 1 is 1.38 bits per heavy atom. The van der Waals surface area contributed by atoms with E-state index in [0.29, 0.717) is 5.75 Å². The third-order valence-corrected chi connectivity index (χ3v) is 2.01. The molecule has 0 saturated carbocycles. The fourth-order valence-corrected chi connectivity index (χ4v) is 1.25. The Labute approximate surface area is 98.8 Å². The molecule has 1 rings (SSSR count). The average molecular weight is 238 g/mol. The van der Waals surface area contributed by atoms with Crippen molar-refractivity contribution in [1.29, 1.82) is 0 Å². The van der Waals surface area contributed by atoms with Gasteiger partial charge in [0.15, 0.2) is 0 Å². The summed E-state index contributed by atoms with van der Waals surface area (Å²) < 4.78 is 18.5. The van der Waals surface area contributed by atoms with Crippen LogP contribution in [0, 0.1) is 30.5 Å². The maximum Gasteiger partial charge on any atom is 0.148 e. The summed E-state index contributed by atoms with van der Waals surface area (Å²) in [5.41, 5.74) is 0.231. The molecule has 0 unspecified atom stereocenters. The summed E-state index contributed by atoms with van der Waals surface area (Å²) in [6.45, 7) is 0.285. The van der Waals surface area contributed by atoms with Crippen LogP contribution in [0.3, 0.4) is 0 Å². The molecule has 0 aliphatic heterocycles. The van der Waals surface area contributed by atoms with Crippen molar-refractivity contribution in [3.63, 3.8) is 0 Å². The van der Waals surface area contributed by atoms with Gasteiger partial charge in [-0.05, 0) is 6.07 Å². The van der Waals surface area contributed by atoms with Crippen LogP contribution in [-0.2, 0) is 0 Å². The molecule has 0 aliphatic rings. The van der Waals surface area contributed by atoms with E-state index in [1.54, 1.807) is 0 Å². The fourth-order valence-electron chi connectivity index (χ4n) is 1.04. The molecule has 1 aromatic carbocycles. The summed E-state index contributed by atoms with van der Waals surface area (Å²) in [7, 11) is 0. The van der Waals surface area contributed by atoms with Crippen LogP contribution >= 0.6 is 11.6 Å². The van der Waals surface area contributed by atoms with E-state index in [1.165, 1.54) is 6.07 Å². The maximum absolute atomic E-state index is 13.4. The van der Waals surface area contributed by atoms with E-state index >= 15 is 0 Å². The molecule has 4 heteroatoms. The zero-order chi connectivity index (χ0) is 12.0. The summed E-state index contributed by atoms with van der Waals surface area (Å²) in [6.07, 6.45) is 10.1. The molecule has 0 heterocycles. The van der Waals surface area contributed by atoms with Gasteiger partial charge in [-0.2, -0.15) is 0 Å². The SMILES string of the molecule is C#CCNc1cc(OCC#C)c(Cl)cc1F. The van der Waals surface area contributed by atoms with Gasteiger partial charge in [-0.3, -0.25) is 0 Å². The van der Waals surface area contributed by atoms with Crippen LogP contribution in [0.1, 0.15) is 0 Å². The number of terminal acetylenes is 2. The molecule has 1 aromatic rings. The molecule has 0 fully saturated rings. The number of anilines is 1. The first-order valence-corrected chi connectivity index (χ1v) is 4.79. The first-order chi connectivity index (χ1) is 7.69. The van der Waals surface area contributed by atoms with Gasteiger partial charge < -0.3 is 10.1 Å². The fraction of sp³-hybridized carbons (Fsp3) is 0.167. The molecule has 0 atom stereocenters. The molecule has 0 amide bonds. The average Bonchev–Trinajstić information content (AvgIpc) is 2.26. The normalized spacial score (nSPS) is 9.00. The highest BCUT2D eigenvalue weighted by atomic mass is 35.5. The van der Waals surface area contributed by atoms with Crippen LogP contribution in [0.5, 0.6) is 5.75 Å². The summed E-state index contributed by atoms with van der Waals surface area (Å²) in [5, 5.41) is 2.87. The Morgan fingerprint density at radius 3 is 2.75 bits per heavy atom. The van der Waals surface area contributed by atoms with Gasteiger partial charge in [0.2, 0.25) is 0 Å². The van der Waals surface area contributed by atoms with E-state index in [4.69, 9.17) is 29.2 Å². The van der Waals surface area contributed by atoms with Crippen molar-refractivity contribution >= 4 is 17.3 Å². The third-order valence-electron chi connectivity index (χ3n) is 1.71. The Balaban J connectivity index is 2.93. The topological polar surface area (TPSA) is 21.3 Å². The van der Waals surface area contributed by atoms with Crippen LogP contribution in [0.2, 0.25) is 5.02 Å². The second-order valence-electron chi connectivity index (χ2n) is 2.81. The lowest BCUT2D eigenvalue weighted by Gasteiger charge is -2.09. The monoisotopic (exact) mass is 237 g/mol. The van der Waals surface area contributed by atoms with Crippen molar-refractivity contribution < 1.29 is 9.13 Å². The Bertz CT molecular complexity index is 420. The van der Waals surface area contributed by atoms with E-state index in [-0.39, 0.29) is 23.9 Å². The van der Waals surface area contributed by atoms with Gasteiger partial charge >= 0.3 is 0 Å². The number of nitrogens with one attached hydrogen (secondary N) is 1. The molecule has 82 valence electrons. The summed E-state index contributed by atoms with van der Waals surface area (Å²) in [6, 6.07) is 2.57. The number of hydrogen-bond acceptors (Lipinski definition) is 2. The van der Waals surface area contributed by atoms with E-state index in [2.05, 4.69) is 17.2 Å². The molecule has 0 aromatic heterocycles. The van der Waals surface area contributed by atoms with Crippen molar-refractivity contribution in [2.75, 3.05) is 18.5 Å². The van der Waals surface area contributed by atoms with E-state index < -0.39 is 5.82 Å². The highest BCUT2D eigenvalue weighted by Gasteiger charge is 2.08. The summed E-state index contributed by atoms with van der Waals surface area (Å²) in [5.74, 6) is 4.46. The van der Waals surface area contributed by atoms with E-state index in [9.17, 15) is 4.39 Å². The molecule has 16 heavy (non-hydrogen) atoms. The van der Waals surface area contributed by atoms with Gasteiger partial charge in [0.25, 0.3) is 0 Å². The predicted octanol–water partition coefficient (Wildman–Crippen LogP) is 2.54. The number of ether oxygens (including phenoxy) is 1. The van der Waals surface area contributed by atoms with E-state index in [0.717, 1.165) is 6.07 Å². The van der Waals surface area contributed by atoms with Gasteiger partial charge in [-0.25, -0.2) is 4.39 Å². The lowest BCUT2D eigenvalue weighted by molar-refractivity contribution is 0.370. The largest absolute Gasteiger partial charge is 0.479 e. The van der Waals surface area contributed by atoms with Crippen LogP contribution < -0.4 is 10.1 Å². The second kappa shape index (κ2) is 5.90. The van der Waals surface area contributed by atoms with Gasteiger partial charge in [0.1, 0.15) is 18.2 Å². The first-order valence-electron chi connectivity index (χ1n) is 4.41. The molecule has 0 aliphatic carbocycles. The number of rotatable bonds is 4. The lowest BCUT2D eigenvalue weighted by Crippen LogP contribution is -2.02. The molecular formula is C12H9ClFNO. The summed E-state index contributed by atoms with van der Waals surface area (Å²) >= 11 is 5.77. The van der Waals surface area contributed by atoms with Gasteiger partial charge in [-0.1, -0.05) is 23.4 Å². The first kappa shape index (κ1) is 12.2. The van der Waals surface area contributed by atoms with Gasteiger partial charge in [0, 0.05) is 6.07 Å². The molecule has 0 radical (unpaired) electrons. The van der Waals surface area contributed by atoms with Crippen LogP contribution in [-0.4, -0.2) is 13.2 Å². The number of hydrogen-bond donors (Lipinski definition) is 1. The molecule has 1 N–H and O–H groups in total. The Morgan fingerprint density at radius 2 is 2.12 bits per heavy atom.